The summed E-state index contributed by atoms with van der Waals surface area (Å²) in [6, 6.07) is 36.2. The van der Waals surface area contributed by atoms with Crippen LogP contribution < -0.4 is 17.6 Å². The monoisotopic (exact) mass is 564 g/mol. The zero-order valence-corrected chi connectivity index (χ0v) is 24.7. The maximum atomic E-state index is 2.53. The van der Waals surface area contributed by atoms with E-state index in [0.29, 0.717) is 0 Å². The fourth-order valence-electron chi connectivity index (χ4n) is 5.50. The first-order valence-electron chi connectivity index (χ1n) is 12.1. The molecule has 0 aliphatic carbocycles. The molecule has 0 radical (unpaired) electrons. The summed E-state index contributed by atoms with van der Waals surface area (Å²) in [5.41, 5.74) is 5.46. The first-order chi connectivity index (χ1) is 16.4. The van der Waals surface area contributed by atoms with E-state index < -0.39 is 26.5 Å². The number of hydrogen-bond donors (Lipinski definition) is 0. The molecule has 4 aromatic rings. The van der Waals surface area contributed by atoms with Gasteiger partial charge in [0.05, 0.1) is 0 Å². The van der Waals surface area contributed by atoms with E-state index in [1.54, 1.807) is 0 Å². The molecule has 1 aliphatic heterocycles. The molecule has 0 N–H and O–H groups in total. The molecule has 168 valence electrons. The average molecular weight is 562 g/mol. The van der Waals surface area contributed by atoms with Crippen LogP contribution in [0, 0.1) is 0 Å². The SMILES string of the molecule is [CH3][Ge]1([CH3])[c]2ccccc2/C=C\c2cccc[c]2[Ge]([CH3])([CH3])[c]2ccccc2/C=C\c2cccc[c]21. The Morgan fingerprint density at radius 3 is 0.765 bits per heavy atom. The third-order valence-corrected chi connectivity index (χ3v) is 22.5. The Bertz CT molecular complexity index is 1190. The normalized spacial score (nSPS) is 17.8. The van der Waals surface area contributed by atoms with Crippen molar-refractivity contribution in [2.24, 2.45) is 0 Å². The second-order valence-corrected chi connectivity index (χ2v) is 28.4. The number of fused-ring (bicyclic) bond motifs is 4. The molecule has 34 heavy (non-hydrogen) atoms. The van der Waals surface area contributed by atoms with E-state index in [1.807, 2.05) is 0 Å². The zero-order chi connectivity index (χ0) is 23.8. The first-order valence-corrected chi connectivity index (χ1v) is 24.7. The van der Waals surface area contributed by atoms with Gasteiger partial charge in [-0.15, -0.1) is 0 Å². The molecule has 0 spiro atoms. The van der Waals surface area contributed by atoms with Gasteiger partial charge in [-0.05, 0) is 0 Å². The third-order valence-electron chi connectivity index (χ3n) is 7.42. The van der Waals surface area contributed by atoms with E-state index in [2.05, 4.69) is 144 Å². The number of benzene rings is 4. The first kappa shape index (κ1) is 23.2. The number of hydrogen-bond acceptors (Lipinski definition) is 0. The predicted molar refractivity (Wildman–Crippen MR) is 157 cm³/mol. The van der Waals surface area contributed by atoms with Crippen molar-refractivity contribution in [2.45, 2.75) is 23.0 Å². The fraction of sp³-hybridized carbons (Fsp3) is 0.125. The Balaban J connectivity index is 1.83. The van der Waals surface area contributed by atoms with Crippen molar-refractivity contribution in [1.82, 2.24) is 0 Å². The molecule has 5 rings (SSSR count). The molecule has 2 heteroatoms. The molecule has 0 nitrogen and oxygen atoms in total. The van der Waals surface area contributed by atoms with Gasteiger partial charge in [0.15, 0.2) is 0 Å². The summed E-state index contributed by atoms with van der Waals surface area (Å²) in [4.78, 5) is 0. The maximum absolute atomic E-state index is 2.57. The van der Waals surface area contributed by atoms with Crippen molar-refractivity contribution < 1.29 is 0 Å². The van der Waals surface area contributed by atoms with Crippen molar-refractivity contribution >= 4 is 68.4 Å². The summed E-state index contributed by atoms with van der Waals surface area (Å²) in [7, 11) is 0. The Hall–Kier alpha value is -2.55. The van der Waals surface area contributed by atoms with Crippen LogP contribution in [0.5, 0.6) is 0 Å². The van der Waals surface area contributed by atoms with Gasteiger partial charge >= 0.3 is 211 Å². The van der Waals surface area contributed by atoms with E-state index in [4.69, 9.17) is 0 Å². The summed E-state index contributed by atoms with van der Waals surface area (Å²) < 4.78 is 6.15. The van der Waals surface area contributed by atoms with Gasteiger partial charge in [-0.2, -0.15) is 0 Å². The minimum atomic E-state index is -2.57. The van der Waals surface area contributed by atoms with Gasteiger partial charge in [-0.1, -0.05) is 0 Å². The summed E-state index contributed by atoms with van der Waals surface area (Å²) in [5.74, 6) is 10.1. The van der Waals surface area contributed by atoms with E-state index >= 15 is 0 Å². The molecule has 0 saturated carbocycles. The molecule has 0 saturated heterocycles. The van der Waals surface area contributed by atoms with Crippen LogP contribution in [0.2, 0.25) is 23.0 Å². The molecular formula is C32H32Ge2. The Morgan fingerprint density at radius 2 is 0.529 bits per heavy atom. The topological polar surface area (TPSA) is 0 Å². The average Bonchev–Trinajstić information content (AvgIpc) is 2.86. The Morgan fingerprint density at radius 1 is 0.324 bits per heavy atom. The molecular weight excluding hydrogens is 530 g/mol. The van der Waals surface area contributed by atoms with Crippen LogP contribution in [-0.4, -0.2) is 26.5 Å². The second-order valence-electron chi connectivity index (χ2n) is 10.3. The second kappa shape index (κ2) is 9.24. The van der Waals surface area contributed by atoms with Gasteiger partial charge in [0.2, 0.25) is 0 Å². The Kier molecular flexibility index (Phi) is 6.31. The van der Waals surface area contributed by atoms with Crippen molar-refractivity contribution in [3.8, 4) is 0 Å². The van der Waals surface area contributed by atoms with Crippen LogP contribution in [-0.2, 0) is 0 Å². The van der Waals surface area contributed by atoms with Crippen molar-refractivity contribution in [1.29, 1.82) is 0 Å². The van der Waals surface area contributed by atoms with Crippen LogP contribution in [0.1, 0.15) is 22.3 Å². The molecule has 1 aliphatic rings. The van der Waals surface area contributed by atoms with E-state index in [-0.39, 0.29) is 0 Å². The summed E-state index contributed by atoms with van der Waals surface area (Å²) in [6.45, 7) is 0. The van der Waals surface area contributed by atoms with Gasteiger partial charge < -0.3 is 0 Å². The molecule has 0 aromatic heterocycles. The molecule has 0 bridgehead atoms. The zero-order valence-electron chi connectivity index (χ0n) is 20.5. The summed E-state index contributed by atoms with van der Waals surface area (Å²) in [5, 5.41) is 0. The van der Waals surface area contributed by atoms with Gasteiger partial charge in [-0.25, -0.2) is 0 Å². The summed E-state index contributed by atoms with van der Waals surface area (Å²) >= 11 is -5.14. The summed E-state index contributed by atoms with van der Waals surface area (Å²) in [6.07, 6.45) is 9.48. The van der Waals surface area contributed by atoms with Crippen LogP contribution in [0.3, 0.4) is 0 Å². The molecule has 4 aromatic carbocycles. The minimum absolute atomic E-state index is 1.36. The Labute approximate surface area is 209 Å². The van der Waals surface area contributed by atoms with E-state index in [1.165, 1.54) is 39.8 Å². The fourth-order valence-corrected chi connectivity index (χ4v) is 18.5. The van der Waals surface area contributed by atoms with Gasteiger partial charge in [0.25, 0.3) is 0 Å². The van der Waals surface area contributed by atoms with Crippen LogP contribution in [0.15, 0.2) is 97.1 Å². The van der Waals surface area contributed by atoms with E-state index in [9.17, 15) is 0 Å². The van der Waals surface area contributed by atoms with Crippen LogP contribution in [0.25, 0.3) is 24.3 Å². The van der Waals surface area contributed by atoms with Gasteiger partial charge in [0.1, 0.15) is 0 Å². The van der Waals surface area contributed by atoms with Crippen molar-refractivity contribution in [3.05, 3.63) is 119 Å². The third kappa shape index (κ3) is 4.19. The van der Waals surface area contributed by atoms with Gasteiger partial charge in [-0.3, -0.25) is 0 Å². The number of rotatable bonds is 0. The van der Waals surface area contributed by atoms with Crippen molar-refractivity contribution in [2.75, 3.05) is 0 Å². The predicted octanol–water partition coefficient (Wildman–Crippen LogP) is 5.99. The van der Waals surface area contributed by atoms with E-state index in [0.717, 1.165) is 0 Å². The van der Waals surface area contributed by atoms with Crippen molar-refractivity contribution in [3.63, 3.8) is 0 Å². The standard InChI is InChI=1S/C32H32Ge2/c1-33(2)29-17-9-5-13-25(29)21-23-27-15-7-11-19-31(27)34(3,4)32-20-12-8-16-28(32)24-22-26-14-6-10-18-30(26)33/h5-24H,1-4H3/b23-21-,24-22-. The molecule has 0 fully saturated rings. The molecule has 1 heterocycles. The quantitative estimate of drug-likeness (QED) is 0.232. The molecule has 0 atom stereocenters. The molecule has 0 amide bonds. The molecule has 0 unspecified atom stereocenters. The van der Waals surface area contributed by atoms with Crippen LogP contribution >= 0.6 is 0 Å². The van der Waals surface area contributed by atoms with Gasteiger partial charge in [0, 0.05) is 0 Å². The van der Waals surface area contributed by atoms with Crippen LogP contribution in [0.4, 0.5) is 0 Å².